The number of halogens is 1. The predicted octanol–water partition coefficient (Wildman–Crippen LogP) is 2.73. The Bertz CT molecular complexity index is 904. The van der Waals surface area contributed by atoms with E-state index in [1.807, 2.05) is 30.3 Å². The van der Waals surface area contributed by atoms with Crippen molar-refractivity contribution in [3.8, 4) is 5.75 Å². The van der Waals surface area contributed by atoms with Crippen LogP contribution < -0.4 is 11.4 Å². The Kier molecular flexibility index (Phi) is 4.12. The smallest absolute Gasteiger partial charge is 0.336 e. The Labute approximate surface area is 132 Å². The van der Waals surface area contributed by atoms with E-state index < -0.39 is 17.2 Å². The van der Waals surface area contributed by atoms with Crippen LogP contribution in [0.1, 0.15) is 16.7 Å². The molecular weight excluding hydrogens is 297 g/mol. The molecule has 3 rings (SSSR count). The fourth-order valence-electron chi connectivity index (χ4n) is 2.71. The van der Waals surface area contributed by atoms with Crippen LogP contribution in [0.2, 0.25) is 0 Å². The molecule has 1 heterocycles. The number of hydrogen-bond donors (Lipinski definition) is 2. The molecule has 23 heavy (non-hydrogen) atoms. The van der Waals surface area contributed by atoms with Crippen molar-refractivity contribution in [3.05, 3.63) is 75.4 Å². The molecule has 0 aliphatic heterocycles. The maximum Gasteiger partial charge on any atom is 0.336 e. The van der Waals surface area contributed by atoms with Gasteiger partial charge in [0.15, 0.2) is 11.6 Å². The van der Waals surface area contributed by atoms with Crippen LogP contribution in [-0.4, -0.2) is 11.7 Å². The van der Waals surface area contributed by atoms with Gasteiger partial charge in [0, 0.05) is 23.4 Å². The van der Waals surface area contributed by atoms with E-state index in [2.05, 4.69) is 0 Å². The molecule has 2 aromatic carbocycles. The number of benzene rings is 2. The molecule has 0 radical (unpaired) electrons. The monoisotopic (exact) mass is 313 g/mol. The van der Waals surface area contributed by atoms with E-state index >= 15 is 0 Å². The summed E-state index contributed by atoms with van der Waals surface area (Å²) in [7, 11) is 0. The first-order valence-electron chi connectivity index (χ1n) is 7.31. The van der Waals surface area contributed by atoms with Gasteiger partial charge in [-0.15, -0.1) is 0 Å². The van der Waals surface area contributed by atoms with Crippen molar-refractivity contribution >= 4 is 11.0 Å². The molecule has 4 nitrogen and oxygen atoms in total. The fourth-order valence-corrected chi connectivity index (χ4v) is 2.71. The number of fused-ring (bicyclic) bond motifs is 1. The SMILES string of the molecule is NCCc1cc(=O)oc2c(Cc3ccccc3)c(O)c(F)cc12. The lowest BCUT2D eigenvalue weighted by molar-refractivity contribution is 0.425. The zero-order chi connectivity index (χ0) is 16.4. The normalized spacial score (nSPS) is 11.0. The Morgan fingerprint density at radius 3 is 2.61 bits per heavy atom. The Morgan fingerprint density at radius 1 is 1.17 bits per heavy atom. The molecule has 5 heteroatoms. The molecule has 0 aliphatic carbocycles. The predicted molar refractivity (Wildman–Crippen MR) is 86.1 cm³/mol. The van der Waals surface area contributed by atoms with Gasteiger partial charge in [-0.25, -0.2) is 9.18 Å². The van der Waals surface area contributed by atoms with Gasteiger partial charge in [-0.05, 0) is 30.2 Å². The highest BCUT2D eigenvalue weighted by atomic mass is 19.1. The number of phenolic OH excluding ortho intramolecular Hbond substituents is 1. The second kappa shape index (κ2) is 6.22. The van der Waals surface area contributed by atoms with Crippen molar-refractivity contribution in [3.63, 3.8) is 0 Å². The second-order valence-corrected chi connectivity index (χ2v) is 5.35. The number of phenols is 1. The highest BCUT2D eigenvalue weighted by Crippen LogP contribution is 2.33. The zero-order valence-corrected chi connectivity index (χ0v) is 12.4. The van der Waals surface area contributed by atoms with E-state index in [1.54, 1.807) is 0 Å². The van der Waals surface area contributed by atoms with Gasteiger partial charge < -0.3 is 15.3 Å². The topological polar surface area (TPSA) is 76.5 Å². The first-order valence-corrected chi connectivity index (χ1v) is 7.31. The molecule has 0 atom stereocenters. The van der Waals surface area contributed by atoms with Crippen molar-refractivity contribution in [1.29, 1.82) is 0 Å². The van der Waals surface area contributed by atoms with Gasteiger partial charge >= 0.3 is 5.63 Å². The molecule has 0 unspecified atom stereocenters. The summed E-state index contributed by atoms with van der Waals surface area (Å²) in [6.45, 7) is 0.328. The first kappa shape index (κ1) is 15.2. The third-order valence-electron chi connectivity index (χ3n) is 3.78. The lowest BCUT2D eigenvalue weighted by Crippen LogP contribution is -2.08. The van der Waals surface area contributed by atoms with E-state index in [0.29, 0.717) is 23.9 Å². The van der Waals surface area contributed by atoms with Crippen molar-refractivity contribution in [1.82, 2.24) is 0 Å². The van der Waals surface area contributed by atoms with Gasteiger partial charge in [0.25, 0.3) is 0 Å². The van der Waals surface area contributed by atoms with Crippen molar-refractivity contribution in [2.75, 3.05) is 6.54 Å². The van der Waals surface area contributed by atoms with Crippen LogP contribution in [0.5, 0.6) is 5.75 Å². The summed E-state index contributed by atoms with van der Waals surface area (Å²) in [6, 6.07) is 11.8. The molecule has 0 amide bonds. The lowest BCUT2D eigenvalue weighted by Gasteiger charge is -2.11. The molecule has 1 aromatic heterocycles. The van der Waals surface area contributed by atoms with Crippen LogP contribution in [0.25, 0.3) is 11.0 Å². The number of rotatable bonds is 4. The maximum absolute atomic E-state index is 14.1. The Balaban J connectivity index is 2.27. The minimum absolute atomic E-state index is 0.212. The molecule has 0 saturated carbocycles. The van der Waals surface area contributed by atoms with Crippen LogP contribution in [-0.2, 0) is 12.8 Å². The minimum Gasteiger partial charge on any atom is -0.505 e. The molecule has 118 valence electrons. The van der Waals surface area contributed by atoms with E-state index in [1.165, 1.54) is 12.1 Å². The first-order chi connectivity index (χ1) is 11.1. The standard InChI is InChI=1S/C18H16FNO3/c19-15-10-13-12(6-7-20)9-16(21)23-18(13)14(17(15)22)8-11-4-2-1-3-5-11/h1-5,9-10,22H,6-8,20H2. The van der Waals surface area contributed by atoms with Crippen molar-refractivity contribution in [2.45, 2.75) is 12.8 Å². The van der Waals surface area contributed by atoms with Crippen molar-refractivity contribution in [2.24, 2.45) is 5.73 Å². The molecule has 0 spiro atoms. The summed E-state index contributed by atoms with van der Waals surface area (Å²) < 4.78 is 19.4. The van der Waals surface area contributed by atoms with Crippen LogP contribution in [0.15, 0.2) is 51.7 Å². The molecule has 0 saturated heterocycles. The van der Waals surface area contributed by atoms with E-state index in [9.17, 15) is 14.3 Å². The number of nitrogens with two attached hydrogens (primary N) is 1. The molecule has 3 N–H and O–H groups in total. The van der Waals surface area contributed by atoms with E-state index in [-0.39, 0.29) is 17.6 Å². The van der Waals surface area contributed by atoms with Crippen molar-refractivity contribution < 1.29 is 13.9 Å². The quantitative estimate of drug-likeness (QED) is 0.726. The summed E-state index contributed by atoms with van der Waals surface area (Å²) in [4.78, 5) is 11.8. The van der Waals surface area contributed by atoms with Crippen LogP contribution in [0.3, 0.4) is 0 Å². The van der Waals surface area contributed by atoms with E-state index in [0.717, 1.165) is 5.56 Å². The maximum atomic E-state index is 14.1. The molecule has 0 fully saturated rings. The molecule has 3 aromatic rings. The van der Waals surface area contributed by atoms with Crippen LogP contribution in [0.4, 0.5) is 4.39 Å². The molecule has 0 aliphatic rings. The third kappa shape index (κ3) is 2.96. The highest BCUT2D eigenvalue weighted by Gasteiger charge is 2.18. The largest absolute Gasteiger partial charge is 0.505 e. The Morgan fingerprint density at radius 2 is 1.91 bits per heavy atom. The summed E-state index contributed by atoms with van der Waals surface area (Å²) in [5.74, 6) is -1.23. The van der Waals surface area contributed by atoms with Gasteiger partial charge in [-0.2, -0.15) is 0 Å². The van der Waals surface area contributed by atoms with Gasteiger partial charge in [-0.3, -0.25) is 0 Å². The van der Waals surface area contributed by atoms with Crippen LogP contribution >= 0.6 is 0 Å². The number of aromatic hydroxyl groups is 1. The second-order valence-electron chi connectivity index (χ2n) is 5.35. The van der Waals surface area contributed by atoms with Gasteiger partial charge in [0.1, 0.15) is 5.58 Å². The number of hydrogen-bond acceptors (Lipinski definition) is 4. The minimum atomic E-state index is -0.740. The van der Waals surface area contributed by atoms with Gasteiger partial charge in [-0.1, -0.05) is 30.3 Å². The van der Waals surface area contributed by atoms with E-state index in [4.69, 9.17) is 10.2 Å². The fraction of sp³-hybridized carbons (Fsp3) is 0.167. The summed E-state index contributed by atoms with van der Waals surface area (Å²) in [6.07, 6.45) is 0.688. The summed E-state index contributed by atoms with van der Waals surface area (Å²) in [5.41, 5.74) is 6.99. The average Bonchev–Trinajstić information content (AvgIpc) is 2.54. The van der Waals surface area contributed by atoms with Crippen LogP contribution in [0, 0.1) is 5.82 Å². The summed E-state index contributed by atoms with van der Waals surface area (Å²) >= 11 is 0. The lowest BCUT2D eigenvalue weighted by atomic mass is 9.98. The molecular formula is C18H16FNO3. The zero-order valence-electron chi connectivity index (χ0n) is 12.4. The third-order valence-corrected chi connectivity index (χ3v) is 3.78. The molecule has 0 bridgehead atoms. The van der Waals surface area contributed by atoms with Gasteiger partial charge in [0.2, 0.25) is 0 Å². The summed E-state index contributed by atoms with van der Waals surface area (Å²) in [5, 5.41) is 10.6. The Hall–Kier alpha value is -2.66. The average molecular weight is 313 g/mol. The highest BCUT2D eigenvalue weighted by molar-refractivity contribution is 5.85. The van der Waals surface area contributed by atoms with Gasteiger partial charge in [0.05, 0.1) is 0 Å².